The van der Waals surface area contributed by atoms with Crippen LogP contribution in [0.5, 0.6) is 0 Å². The Bertz CT molecular complexity index is 848. The summed E-state index contributed by atoms with van der Waals surface area (Å²) in [7, 11) is 0. The molecule has 102 valence electrons. The lowest BCUT2D eigenvalue weighted by Gasteiger charge is -2.06. The van der Waals surface area contributed by atoms with E-state index in [4.69, 9.17) is 12.2 Å². The van der Waals surface area contributed by atoms with Gasteiger partial charge in [-0.25, -0.2) is 4.39 Å². The van der Waals surface area contributed by atoms with Crippen LogP contribution >= 0.6 is 12.2 Å². The summed E-state index contributed by atoms with van der Waals surface area (Å²) < 4.78 is 16.1. The van der Waals surface area contributed by atoms with Crippen molar-refractivity contribution < 1.29 is 4.39 Å². The van der Waals surface area contributed by atoms with Gasteiger partial charge >= 0.3 is 0 Å². The Balaban J connectivity index is 2.14. The standard InChI is InChI=1S/C15H14FN3S/c1-9-6-14-13(7-12(9)16)18-15(20)19(14)8-11-5-3-4-10(2)17-11/h3-7H,8H2,1-2H3,(H,18,20). The summed E-state index contributed by atoms with van der Waals surface area (Å²) in [6.07, 6.45) is 0. The zero-order chi connectivity index (χ0) is 14.3. The minimum Gasteiger partial charge on any atom is -0.330 e. The van der Waals surface area contributed by atoms with Gasteiger partial charge in [0.1, 0.15) is 5.82 Å². The van der Waals surface area contributed by atoms with E-state index in [1.54, 1.807) is 6.92 Å². The first-order valence-electron chi connectivity index (χ1n) is 6.36. The van der Waals surface area contributed by atoms with Crippen LogP contribution in [0.4, 0.5) is 4.39 Å². The third-order valence-corrected chi connectivity index (χ3v) is 3.64. The number of aromatic nitrogens is 3. The molecule has 0 amide bonds. The van der Waals surface area contributed by atoms with Crippen molar-refractivity contribution in [2.24, 2.45) is 0 Å². The minimum atomic E-state index is -0.227. The number of fused-ring (bicyclic) bond motifs is 1. The van der Waals surface area contributed by atoms with Gasteiger partial charge in [-0.1, -0.05) is 6.07 Å². The summed E-state index contributed by atoms with van der Waals surface area (Å²) in [4.78, 5) is 7.52. The molecule has 1 aromatic carbocycles. The van der Waals surface area contributed by atoms with Crippen LogP contribution in [0.2, 0.25) is 0 Å². The molecule has 0 aliphatic heterocycles. The van der Waals surface area contributed by atoms with E-state index in [1.807, 2.05) is 35.8 Å². The highest BCUT2D eigenvalue weighted by molar-refractivity contribution is 7.71. The molecule has 0 saturated carbocycles. The quantitative estimate of drug-likeness (QED) is 0.725. The zero-order valence-electron chi connectivity index (χ0n) is 11.3. The number of hydrogen-bond donors (Lipinski definition) is 1. The van der Waals surface area contributed by atoms with E-state index in [9.17, 15) is 4.39 Å². The number of nitrogens with one attached hydrogen (secondary N) is 1. The van der Waals surface area contributed by atoms with Crippen LogP contribution in [-0.2, 0) is 6.54 Å². The summed E-state index contributed by atoms with van der Waals surface area (Å²) in [5.74, 6) is -0.227. The van der Waals surface area contributed by atoms with Gasteiger partial charge in [0.2, 0.25) is 0 Å². The maximum atomic E-state index is 13.6. The maximum Gasteiger partial charge on any atom is 0.178 e. The van der Waals surface area contributed by atoms with Crippen molar-refractivity contribution in [2.45, 2.75) is 20.4 Å². The third kappa shape index (κ3) is 2.25. The van der Waals surface area contributed by atoms with E-state index < -0.39 is 0 Å². The molecule has 0 aliphatic carbocycles. The summed E-state index contributed by atoms with van der Waals surface area (Å²) in [6.45, 7) is 4.28. The Morgan fingerprint density at radius 3 is 2.85 bits per heavy atom. The first-order chi connectivity index (χ1) is 9.54. The van der Waals surface area contributed by atoms with Crippen molar-refractivity contribution in [1.29, 1.82) is 0 Å². The average Bonchev–Trinajstić information content (AvgIpc) is 2.67. The van der Waals surface area contributed by atoms with Crippen LogP contribution in [0, 0.1) is 24.4 Å². The second-order valence-corrected chi connectivity index (χ2v) is 5.29. The molecule has 0 radical (unpaired) electrons. The number of benzene rings is 1. The molecule has 0 saturated heterocycles. The van der Waals surface area contributed by atoms with E-state index in [0.29, 0.717) is 22.4 Å². The van der Waals surface area contributed by atoms with Crippen LogP contribution < -0.4 is 0 Å². The lowest BCUT2D eigenvalue weighted by atomic mass is 10.2. The average molecular weight is 287 g/mol. The highest BCUT2D eigenvalue weighted by atomic mass is 32.1. The van der Waals surface area contributed by atoms with Gasteiger partial charge < -0.3 is 9.55 Å². The van der Waals surface area contributed by atoms with E-state index in [1.165, 1.54) is 6.07 Å². The van der Waals surface area contributed by atoms with Crippen LogP contribution in [0.3, 0.4) is 0 Å². The smallest absolute Gasteiger partial charge is 0.178 e. The molecule has 0 fully saturated rings. The van der Waals surface area contributed by atoms with Crippen molar-refractivity contribution in [3.63, 3.8) is 0 Å². The number of H-pyrrole nitrogens is 1. The molecular formula is C15H14FN3S. The second-order valence-electron chi connectivity index (χ2n) is 4.91. The molecule has 0 bridgehead atoms. The van der Waals surface area contributed by atoms with E-state index in [0.717, 1.165) is 16.9 Å². The first kappa shape index (κ1) is 13.0. The van der Waals surface area contributed by atoms with Gasteiger partial charge in [-0.3, -0.25) is 4.98 Å². The monoisotopic (exact) mass is 287 g/mol. The maximum absolute atomic E-state index is 13.6. The predicted molar refractivity (Wildman–Crippen MR) is 79.9 cm³/mol. The molecule has 0 atom stereocenters. The van der Waals surface area contributed by atoms with E-state index >= 15 is 0 Å². The normalized spacial score (nSPS) is 11.2. The molecule has 0 aliphatic rings. The lowest BCUT2D eigenvalue weighted by molar-refractivity contribution is 0.620. The summed E-state index contributed by atoms with van der Waals surface area (Å²) >= 11 is 5.33. The SMILES string of the molecule is Cc1cccc(Cn2c(=S)[nH]c3cc(F)c(C)cc32)n1. The van der Waals surface area contributed by atoms with Gasteiger partial charge in [0, 0.05) is 5.69 Å². The third-order valence-electron chi connectivity index (χ3n) is 3.32. The molecule has 20 heavy (non-hydrogen) atoms. The van der Waals surface area contributed by atoms with Crippen molar-refractivity contribution in [1.82, 2.24) is 14.5 Å². The van der Waals surface area contributed by atoms with Crippen LogP contribution in [0.1, 0.15) is 17.0 Å². The largest absolute Gasteiger partial charge is 0.330 e. The molecule has 3 aromatic rings. The van der Waals surface area contributed by atoms with E-state index in [2.05, 4.69) is 9.97 Å². The fraction of sp³-hybridized carbons (Fsp3) is 0.200. The van der Waals surface area contributed by atoms with Gasteiger partial charge in [0.25, 0.3) is 0 Å². The molecule has 0 unspecified atom stereocenters. The topological polar surface area (TPSA) is 33.6 Å². The second kappa shape index (κ2) is 4.83. The summed E-state index contributed by atoms with van der Waals surface area (Å²) in [6, 6.07) is 9.19. The predicted octanol–water partition coefficient (Wildman–Crippen LogP) is 3.90. The number of halogens is 1. The number of pyridine rings is 1. The molecule has 2 heterocycles. The van der Waals surface area contributed by atoms with Crippen molar-refractivity contribution in [2.75, 3.05) is 0 Å². The van der Waals surface area contributed by atoms with E-state index in [-0.39, 0.29) is 5.82 Å². The highest BCUT2D eigenvalue weighted by Crippen LogP contribution is 2.19. The Hall–Kier alpha value is -2.01. The van der Waals surface area contributed by atoms with Gasteiger partial charge in [0.15, 0.2) is 4.77 Å². The van der Waals surface area contributed by atoms with Crippen molar-refractivity contribution in [3.05, 3.63) is 57.9 Å². The zero-order valence-corrected chi connectivity index (χ0v) is 12.1. The summed E-state index contributed by atoms with van der Waals surface area (Å²) in [5.41, 5.74) is 4.13. The van der Waals surface area contributed by atoms with Crippen LogP contribution in [0.15, 0.2) is 30.3 Å². The lowest BCUT2D eigenvalue weighted by Crippen LogP contribution is -2.02. The molecule has 5 heteroatoms. The van der Waals surface area contributed by atoms with Crippen LogP contribution in [0.25, 0.3) is 11.0 Å². The number of nitrogens with zero attached hydrogens (tertiary/aromatic N) is 2. The minimum absolute atomic E-state index is 0.227. The number of imidazole rings is 1. The highest BCUT2D eigenvalue weighted by Gasteiger charge is 2.09. The number of hydrogen-bond acceptors (Lipinski definition) is 2. The molecule has 3 rings (SSSR count). The molecular weight excluding hydrogens is 273 g/mol. The van der Waals surface area contributed by atoms with Gasteiger partial charge in [-0.05, 0) is 55.9 Å². The van der Waals surface area contributed by atoms with Crippen LogP contribution in [-0.4, -0.2) is 14.5 Å². The Morgan fingerprint density at radius 1 is 1.30 bits per heavy atom. The van der Waals surface area contributed by atoms with Gasteiger partial charge in [-0.15, -0.1) is 0 Å². The fourth-order valence-corrected chi connectivity index (χ4v) is 2.56. The van der Waals surface area contributed by atoms with Crippen molar-refractivity contribution >= 4 is 23.3 Å². The Kier molecular flexibility index (Phi) is 3.14. The number of aromatic amines is 1. The first-order valence-corrected chi connectivity index (χ1v) is 6.76. The number of rotatable bonds is 2. The summed E-state index contributed by atoms with van der Waals surface area (Å²) in [5, 5.41) is 0. The molecule has 0 spiro atoms. The Morgan fingerprint density at radius 2 is 2.10 bits per heavy atom. The van der Waals surface area contributed by atoms with Gasteiger partial charge in [0.05, 0.1) is 23.3 Å². The molecule has 3 nitrogen and oxygen atoms in total. The van der Waals surface area contributed by atoms with Crippen molar-refractivity contribution in [3.8, 4) is 0 Å². The molecule has 2 aromatic heterocycles. The fourth-order valence-electron chi connectivity index (χ4n) is 2.29. The Labute approximate surface area is 121 Å². The molecule has 1 N–H and O–H groups in total. The number of aryl methyl sites for hydroxylation is 2. The van der Waals surface area contributed by atoms with Gasteiger partial charge in [-0.2, -0.15) is 0 Å².